The number of aryl methyl sites for hydroxylation is 1. The number of sulfonamides is 1. The highest BCUT2D eigenvalue weighted by atomic mass is 32.2. The van der Waals surface area contributed by atoms with Crippen molar-refractivity contribution in [2.24, 2.45) is 0 Å². The van der Waals surface area contributed by atoms with E-state index in [-0.39, 0.29) is 11.5 Å². The Morgan fingerprint density at radius 1 is 1.44 bits per heavy atom. The van der Waals surface area contributed by atoms with E-state index in [2.05, 4.69) is 0 Å². The molecule has 0 saturated heterocycles. The van der Waals surface area contributed by atoms with Crippen LogP contribution in [-0.2, 0) is 16.6 Å². The number of nitrogens with zero attached hydrogens (tertiary/aromatic N) is 1. The summed E-state index contributed by atoms with van der Waals surface area (Å²) in [6.45, 7) is 7.26. The van der Waals surface area contributed by atoms with E-state index in [0.29, 0.717) is 10.4 Å². The van der Waals surface area contributed by atoms with Gasteiger partial charge in [0.05, 0.1) is 11.5 Å². The third-order valence-corrected chi connectivity index (χ3v) is 6.99. The highest BCUT2D eigenvalue weighted by molar-refractivity contribution is 7.89. The zero-order chi connectivity index (χ0) is 14.1. The summed E-state index contributed by atoms with van der Waals surface area (Å²) in [5.74, 6) is 0. The first-order valence-corrected chi connectivity index (χ1v) is 8.17. The zero-order valence-corrected chi connectivity index (χ0v) is 13.2. The van der Waals surface area contributed by atoms with Gasteiger partial charge in [-0.25, -0.2) is 8.42 Å². The van der Waals surface area contributed by atoms with Crippen molar-refractivity contribution in [3.63, 3.8) is 0 Å². The molecule has 1 heterocycles. The molecule has 0 aromatic carbocycles. The van der Waals surface area contributed by atoms with E-state index in [1.165, 1.54) is 15.6 Å². The lowest BCUT2D eigenvalue weighted by molar-refractivity contribution is 0.255. The normalized spacial score (nSPS) is 13.3. The molecule has 0 aliphatic carbocycles. The van der Waals surface area contributed by atoms with Crippen LogP contribution in [0.4, 0.5) is 0 Å². The number of aliphatic hydroxyl groups excluding tert-OH is 1. The van der Waals surface area contributed by atoms with Gasteiger partial charge in [0.15, 0.2) is 0 Å². The minimum absolute atomic E-state index is 0.243. The number of hydrogen-bond acceptors (Lipinski definition) is 4. The summed E-state index contributed by atoms with van der Waals surface area (Å²) in [5, 5.41) is 11.0. The number of hydrogen-bond donors (Lipinski definition) is 1. The second kappa shape index (κ2) is 5.28. The summed E-state index contributed by atoms with van der Waals surface area (Å²) in [6.07, 6.45) is 0.723. The van der Waals surface area contributed by atoms with Gasteiger partial charge in [0.1, 0.15) is 4.90 Å². The van der Waals surface area contributed by atoms with Crippen LogP contribution in [0, 0.1) is 6.92 Å². The lowest BCUT2D eigenvalue weighted by atomic mass is 10.0. The molecule has 0 amide bonds. The topological polar surface area (TPSA) is 57.6 Å². The summed E-state index contributed by atoms with van der Waals surface area (Å²) in [7, 11) is -1.96. The van der Waals surface area contributed by atoms with Crippen molar-refractivity contribution in [1.82, 2.24) is 4.31 Å². The Kier molecular flexibility index (Phi) is 4.59. The van der Waals surface area contributed by atoms with E-state index >= 15 is 0 Å². The maximum Gasteiger partial charge on any atom is 0.244 e. The fraction of sp³-hybridized carbons (Fsp3) is 0.667. The number of aliphatic hydroxyl groups is 1. The van der Waals surface area contributed by atoms with Crippen molar-refractivity contribution in [1.29, 1.82) is 0 Å². The second-order valence-corrected chi connectivity index (χ2v) is 7.84. The minimum Gasteiger partial charge on any atom is -0.391 e. The molecule has 0 bridgehead atoms. The Balaban J connectivity index is 3.34. The molecule has 1 aromatic heterocycles. The van der Waals surface area contributed by atoms with E-state index in [1.54, 1.807) is 19.4 Å². The quantitative estimate of drug-likeness (QED) is 0.906. The fourth-order valence-corrected chi connectivity index (χ4v) is 4.81. The average molecular weight is 291 g/mol. The first-order valence-electron chi connectivity index (χ1n) is 5.85. The van der Waals surface area contributed by atoms with Crippen LogP contribution in [0.3, 0.4) is 0 Å². The summed E-state index contributed by atoms with van der Waals surface area (Å²) in [6, 6.07) is 0. The van der Waals surface area contributed by atoms with Crippen molar-refractivity contribution in [3.05, 3.63) is 15.8 Å². The standard InChI is InChI=1S/C12H21NO3S2/c1-6-12(3,4)13(5)18(15,16)11-9(2)8-17-10(11)7-14/h8,14H,6-7H2,1-5H3. The van der Waals surface area contributed by atoms with Crippen LogP contribution in [0.2, 0.25) is 0 Å². The van der Waals surface area contributed by atoms with Gasteiger partial charge in [0, 0.05) is 12.6 Å². The van der Waals surface area contributed by atoms with Gasteiger partial charge in [-0.15, -0.1) is 11.3 Å². The maximum absolute atomic E-state index is 12.6. The monoisotopic (exact) mass is 291 g/mol. The highest BCUT2D eigenvalue weighted by Crippen LogP contribution is 2.32. The van der Waals surface area contributed by atoms with Crippen molar-refractivity contribution in [2.75, 3.05) is 7.05 Å². The maximum atomic E-state index is 12.6. The molecule has 0 fully saturated rings. The molecule has 6 heteroatoms. The molecule has 0 saturated carbocycles. The Morgan fingerprint density at radius 3 is 2.44 bits per heavy atom. The highest BCUT2D eigenvalue weighted by Gasteiger charge is 2.35. The largest absolute Gasteiger partial charge is 0.391 e. The Morgan fingerprint density at radius 2 is 2.00 bits per heavy atom. The molecule has 0 atom stereocenters. The van der Waals surface area contributed by atoms with Crippen LogP contribution in [0.5, 0.6) is 0 Å². The molecule has 0 aliphatic rings. The van der Waals surface area contributed by atoms with Crippen LogP contribution in [0.1, 0.15) is 37.6 Å². The minimum atomic E-state index is -3.56. The van der Waals surface area contributed by atoms with Crippen LogP contribution in [-0.4, -0.2) is 30.4 Å². The van der Waals surface area contributed by atoms with Crippen LogP contribution in [0.15, 0.2) is 10.3 Å². The summed E-state index contributed by atoms with van der Waals surface area (Å²) in [5.41, 5.74) is 0.253. The molecule has 1 N–H and O–H groups in total. The number of thiophene rings is 1. The Labute approximate surface area is 113 Å². The molecular weight excluding hydrogens is 270 g/mol. The second-order valence-electron chi connectivity index (χ2n) is 4.97. The number of rotatable bonds is 5. The predicted molar refractivity (Wildman–Crippen MR) is 74.3 cm³/mol. The van der Waals surface area contributed by atoms with E-state index < -0.39 is 15.6 Å². The van der Waals surface area contributed by atoms with Gasteiger partial charge in [-0.2, -0.15) is 4.31 Å². The van der Waals surface area contributed by atoms with Crippen molar-refractivity contribution in [2.45, 2.75) is 51.2 Å². The van der Waals surface area contributed by atoms with Crippen molar-refractivity contribution >= 4 is 21.4 Å². The van der Waals surface area contributed by atoms with Gasteiger partial charge in [-0.1, -0.05) is 6.92 Å². The molecule has 4 nitrogen and oxygen atoms in total. The lowest BCUT2D eigenvalue weighted by Crippen LogP contribution is -2.44. The predicted octanol–water partition coefficient (Wildman–Crippen LogP) is 2.36. The molecule has 0 unspecified atom stereocenters. The third kappa shape index (κ3) is 2.61. The van der Waals surface area contributed by atoms with Crippen molar-refractivity contribution in [3.8, 4) is 0 Å². The van der Waals surface area contributed by atoms with Gasteiger partial charge < -0.3 is 5.11 Å². The van der Waals surface area contributed by atoms with E-state index in [1.807, 2.05) is 20.8 Å². The summed E-state index contributed by atoms with van der Waals surface area (Å²) < 4.78 is 26.6. The van der Waals surface area contributed by atoms with Gasteiger partial charge >= 0.3 is 0 Å². The molecule has 1 aromatic rings. The Hall–Kier alpha value is -0.430. The van der Waals surface area contributed by atoms with Crippen LogP contribution < -0.4 is 0 Å². The molecule has 0 radical (unpaired) electrons. The first-order chi connectivity index (χ1) is 8.18. The molecule has 104 valence electrons. The van der Waals surface area contributed by atoms with Gasteiger partial charge in [0.25, 0.3) is 0 Å². The van der Waals surface area contributed by atoms with E-state index in [9.17, 15) is 13.5 Å². The molecule has 0 aliphatic heterocycles. The summed E-state index contributed by atoms with van der Waals surface area (Å²) in [4.78, 5) is 0.769. The fourth-order valence-electron chi connectivity index (χ4n) is 1.63. The van der Waals surface area contributed by atoms with Crippen molar-refractivity contribution < 1.29 is 13.5 Å². The smallest absolute Gasteiger partial charge is 0.244 e. The molecule has 1 rings (SSSR count). The van der Waals surface area contributed by atoms with Crippen LogP contribution in [0.25, 0.3) is 0 Å². The summed E-state index contributed by atoms with van der Waals surface area (Å²) >= 11 is 1.28. The SMILES string of the molecule is CCC(C)(C)N(C)S(=O)(=O)c1c(C)csc1CO. The average Bonchev–Trinajstić information content (AvgIpc) is 2.69. The van der Waals surface area contributed by atoms with E-state index in [4.69, 9.17) is 0 Å². The van der Waals surface area contributed by atoms with Crippen LogP contribution >= 0.6 is 11.3 Å². The van der Waals surface area contributed by atoms with Gasteiger partial charge in [-0.3, -0.25) is 0 Å². The molecule has 0 spiro atoms. The lowest BCUT2D eigenvalue weighted by Gasteiger charge is -2.34. The van der Waals surface area contributed by atoms with Gasteiger partial charge in [0.2, 0.25) is 10.0 Å². The van der Waals surface area contributed by atoms with Gasteiger partial charge in [-0.05, 0) is 38.1 Å². The first kappa shape index (κ1) is 15.6. The third-order valence-electron chi connectivity index (χ3n) is 3.47. The molecular formula is C12H21NO3S2. The Bertz CT molecular complexity index is 517. The molecule has 18 heavy (non-hydrogen) atoms. The van der Waals surface area contributed by atoms with E-state index in [0.717, 1.165) is 6.42 Å². The zero-order valence-electron chi connectivity index (χ0n) is 11.5.